The Kier molecular flexibility index (Phi) is 1.99. The van der Waals surface area contributed by atoms with Gasteiger partial charge in [-0.2, -0.15) is 0 Å². The number of aliphatic carboxylic acids is 1. The fraction of sp³-hybridized carbons (Fsp3) is 0.308. The molecular formula is C13H13NO2. The van der Waals surface area contributed by atoms with Gasteiger partial charge in [0.2, 0.25) is 0 Å². The van der Waals surface area contributed by atoms with E-state index in [9.17, 15) is 4.79 Å². The molecule has 82 valence electrons. The molecule has 3 heteroatoms. The van der Waals surface area contributed by atoms with Crippen LogP contribution in [0.15, 0.2) is 24.4 Å². The minimum atomic E-state index is -0.760. The van der Waals surface area contributed by atoms with Crippen LogP contribution in [-0.2, 0) is 24.2 Å². The van der Waals surface area contributed by atoms with Crippen LogP contribution in [0, 0.1) is 0 Å². The summed E-state index contributed by atoms with van der Waals surface area (Å²) in [6.07, 6.45) is 4.37. The van der Waals surface area contributed by atoms with Gasteiger partial charge in [0.05, 0.1) is 11.9 Å². The zero-order chi connectivity index (χ0) is 11.1. The van der Waals surface area contributed by atoms with Crippen LogP contribution in [0.2, 0.25) is 0 Å². The maximum absolute atomic E-state index is 10.8. The summed E-state index contributed by atoms with van der Waals surface area (Å²) in [5, 5.41) is 9.99. The molecule has 0 unspecified atom stereocenters. The molecule has 1 N–H and O–H groups in total. The Morgan fingerprint density at radius 3 is 3.12 bits per heavy atom. The van der Waals surface area contributed by atoms with Crippen molar-refractivity contribution in [2.75, 3.05) is 0 Å². The molecule has 2 heterocycles. The fourth-order valence-electron chi connectivity index (χ4n) is 2.63. The summed E-state index contributed by atoms with van der Waals surface area (Å²) in [5.41, 5.74) is 3.52. The van der Waals surface area contributed by atoms with Crippen molar-refractivity contribution >= 4 is 16.9 Å². The monoisotopic (exact) mass is 215 g/mol. The van der Waals surface area contributed by atoms with Crippen molar-refractivity contribution in [2.45, 2.75) is 25.8 Å². The quantitative estimate of drug-likeness (QED) is 0.834. The average molecular weight is 215 g/mol. The first-order valence-corrected chi connectivity index (χ1v) is 5.57. The van der Waals surface area contributed by atoms with Gasteiger partial charge in [0.1, 0.15) is 0 Å². The van der Waals surface area contributed by atoms with Gasteiger partial charge in [-0.25, -0.2) is 0 Å². The summed E-state index contributed by atoms with van der Waals surface area (Å²) in [4.78, 5) is 10.8. The lowest BCUT2D eigenvalue weighted by atomic mass is 10.0. The van der Waals surface area contributed by atoms with Gasteiger partial charge in [0.25, 0.3) is 0 Å². The van der Waals surface area contributed by atoms with Crippen LogP contribution < -0.4 is 0 Å². The molecule has 0 bridgehead atoms. The van der Waals surface area contributed by atoms with Gasteiger partial charge >= 0.3 is 5.97 Å². The molecule has 0 radical (unpaired) electrons. The van der Waals surface area contributed by atoms with Gasteiger partial charge in [0, 0.05) is 18.1 Å². The molecule has 0 saturated heterocycles. The average Bonchev–Trinajstić information content (AvgIpc) is 2.59. The van der Waals surface area contributed by atoms with E-state index in [1.54, 1.807) is 0 Å². The summed E-state index contributed by atoms with van der Waals surface area (Å²) in [5.74, 6) is -0.760. The highest BCUT2D eigenvalue weighted by molar-refractivity contribution is 5.90. The molecule has 2 aromatic rings. The second-order valence-electron chi connectivity index (χ2n) is 4.34. The number of hydrogen-bond donors (Lipinski definition) is 1. The van der Waals surface area contributed by atoms with Crippen LogP contribution in [0.1, 0.15) is 17.5 Å². The normalized spacial score (nSPS) is 14.2. The van der Waals surface area contributed by atoms with E-state index in [1.165, 1.54) is 11.1 Å². The maximum Gasteiger partial charge on any atom is 0.307 e. The molecule has 1 aromatic carbocycles. The number of benzene rings is 1. The minimum Gasteiger partial charge on any atom is -0.481 e. The molecule has 1 aromatic heterocycles. The summed E-state index contributed by atoms with van der Waals surface area (Å²) in [6, 6.07) is 6.19. The first-order valence-electron chi connectivity index (χ1n) is 5.57. The summed E-state index contributed by atoms with van der Waals surface area (Å²) < 4.78 is 2.20. The van der Waals surface area contributed by atoms with Crippen LogP contribution in [0.25, 0.3) is 10.9 Å². The van der Waals surface area contributed by atoms with Crippen LogP contribution in [0.4, 0.5) is 0 Å². The molecule has 1 aliphatic heterocycles. The van der Waals surface area contributed by atoms with Gasteiger partial charge in [0.15, 0.2) is 0 Å². The Morgan fingerprint density at radius 2 is 2.31 bits per heavy atom. The molecule has 0 saturated carbocycles. The molecule has 1 aliphatic rings. The molecule has 0 amide bonds. The molecule has 3 rings (SSSR count). The predicted octanol–water partition coefficient (Wildman–Crippen LogP) is 2.21. The molecule has 0 fully saturated rings. The molecule has 0 atom stereocenters. The van der Waals surface area contributed by atoms with Crippen LogP contribution in [0.3, 0.4) is 0 Å². The second-order valence-corrected chi connectivity index (χ2v) is 4.34. The first kappa shape index (κ1) is 9.46. The van der Waals surface area contributed by atoms with E-state index in [2.05, 4.69) is 10.6 Å². The highest BCUT2D eigenvalue weighted by Gasteiger charge is 2.16. The topological polar surface area (TPSA) is 42.2 Å². The second kappa shape index (κ2) is 3.37. The van der Waals surface area contributed by atoms with E-state index >= 15 is 0 Å². The smallest absolute Gasteiger partial charge is 0.307 e. The summed E-state index contributed by atoms with van der Waals surface area (Å²) >= 11 is 0. The zero-order valence-electron chi connectivity index (χ0n) is 8.94. The summed E-state index contributed by atoms with van der Waals surface area (Å²) in [6.45, 7) is 1.01. The number of carboxylic acid groups (broad SMARTS) is 1. The Hall–Kier alpha value is -1.77. The third-order valence-corrected chi connectivity index (χ3v) is 3.25. The number of nitrogens with zero attached hydrogens (tertiary/aromatic N) is 1. The predicted molar refractivity (Wildman–Crippen MR) is 61.6 cm³/mol. The van der Waals surface area contributed by atoms with Crippen LogP contribution in [-0.4, -0.2) is 15.6 Å². The lowest BCUT2D eigenvalue weighted by molar-refractivity contribution is -0.136. The SMILES string of the molecule is O=C(O)Cc1cn2c3c(cccc13)CCC2. The summed E-state index contributed by atoms with van der Waals surface area (Å²) in [7, 11) is 0. The van der Waals surface area contributed by atoms with Gasteiger partial charge < -0.3 is 9.67 Å². The van der Waals surface area contributed by atoms with Gasteiger partial charge in [-0.1, -0.05) is 18.2 Å². The van der Waals surface area contributed by atoms with Crippen molar-refractivity contribution in [3.05, 3.63) is 35.5 Å². The van der Waals surface area contributed by atoms with Crippen molar-refractivity contribution in [1.82, 2.24) is 4.57 Å². The molecule has 16 heavy (non-hydrogen) atoms. The molecule has 0 aliphatic carbocycles. The number of carboxylic acids is 1. The third-order valence-electron chi connectivity index (χ3n) is 3.25. The van der Waals surface area contributed by atoms with E-state index in [0.717, 1.165) is 30.3 Å². The van der Waals surface area contributed by atoms with Crippen LogP contribution >= 0.6 is 0 Å². The highest BCUT2D eigenvalue weighted by Crippen LogP contribution is 2.29. The Labute approximate surface area is 93.3 Å². The third kappa shape index (κ3) is 1.32. The molecular weight excluding hydrogens is 202 g/mol. The van der Waals surface area contributed by atoms with Crippen molar-refractivity contribution in [1.29, 1.82) is 0 Å². The van der Waals surface area contributed by atoms with Crippen molar-refractivity contribution < 1.29 is 9.90 Å². The number of hydrogen-bond acceptors (Lipinski definition) is 1. The highest BCUT2D eigenvalue weighted by atomic mass is 16.4. The molecule has 0 spiro atoms. The lowest BCUT2D eigenvalue weighted by Crippen LogP contribution is -2.05. The Morgan fingerprint density at radius 1 is 1.44 bits per heavy atom. The zero-order valence-corrected chi connectivity index (χ0v) is 8.94. The van der Waals surface area contributed by atoms with E-state index in [-0.39, 0.29) is 6.42 Å². The standard InChI is InChI=1S/C13H13NO2/c15-12(16)7-10-8-14-6-2-4-9-3-1-5-11(10)13(9)14/h1,3,5,8H,2,4,6-7H2,(H,15,16). The van der Waals surface area contributed by atoms with Crippen molar-refractivity contribution in [2.24, 2.45) is 0 Å². The number of aromatic nitrogens is 1. The lowest BCUT2D eigenvalue weighted by Gasteiger charge is -2.14. The number of para-hydroxylation sites is 1. The van der Waals surface area contributed by atoms with Crippen molar-refractivity contribution in [3.63, 3.8) is 0 Å². The number of rotatable bonds is 2. The number of aryl methyl sites for hydroxylation is 2. The van der Waals surface area contributed by atoms with Gasteiger partial charge in [-0.15, -0.1) is 0 Å². The fourth-order valence-corrected chi connectivity index (χ4v) is 2.63. The van der Waals surface area contributed by atoms with E-state index in [4.69, 9.17) is 5.11 Å². The van der Waals surface area contributed by atoms with Crippen LogP contribution in [0.5, 0.6) is 0 Å². The minimum absolute atomic E-state index is 0.118. The van der Waals surface area contributed by atoms with Gasteiger partial charge in [-0.05, 0) is 24.0 Å². The number of carbonyl (C=O) groups is 1. The van der Waals surface area contributed by atoms with E-state index < -0.39 is 5.97 Å². The van der Waals surface area contributed by atoms with Gasteiger partial charge in [-0.3, -0.25) is 4.79 Å². The largest absolute Gasteiger partial charge is 0.481 e. The Balaban J connectivity index is 2.25. The molecule has 3 nitrogen and oxygen atoms in total. The maximum atomic E-state index is 10.8. The Bertz CT molecular complexity index is 569. The van der Waals surface area contributed by atoms with Crippen molar-refractivity contribution in [3.8, 4) is 0 Å². The van der Waals surface area contributed by atoms with E-state index in [0.29, 0.717) is 0 Å². The van der Waals surface area contributed by atoms with E-state index in [1.807, 2.05) is 18.3 Å². The first-order chi connectivity index (χ1) is 7.75.